The Morgan fingerprint density at radius 3 is 2.56 bits per heavy atom. The van der Waals surface area contributed by atoms with Crippen LogP contribution in [0, 0.1) is 0 Å². The lowest BCUT2D eigenvalue weighted by atomic mass is 10.1. The molecule has 10 heteroatoms. The molecule has 3 heterocycles. The number of thioether (sulfide) groups is 1. The van der Waals surface area contributed by atoms with Crippen molar-refractivity contribution in [3.05, 3.63) is 95.8 Å². The molecule has 200 valence electrons. The highest BCUT2D eigenvalue weighted by molar-refractivity contribution is 8.15. The third-order valence-corrected chi connectivity index (χ3v) is 7.98. The average molecular weight is 544 g/mol. The van der Waals surface area contributed by atoms with Gasteiger partial charge in [-0.1, -0.05) is 60.3 Å². The van der Waals surface area contributed by atoms with Crippen molar-refractivity contribution in [2.45, 2.75) is 37.3 Å². The van der Waals surface area contributed by atoms with Gasteiger partial charge in [0.2, 0.25) is 11.8 Å². The van der Waals surface area contributed by atoms with Gasteiger partial charge in [0, 0.05) is 25.5 Å². The molecule has 2 saturated heterocycles. The predicted octanol–water partition coefficient (Wildman–Crippen LogP) is 4.62. The number of anilines is 1. The van der Waals surface area contributed by atoms with Gasteiger partial charge >= 0.3 is 6.09 Å². The number of aliphatic imine (C=N–C) groups is 1. The maximum atomic E-state index is 13.2. The molecular formula is C29H29N5O4S. The summed E-state index contributed by atoms with van der Waals surface area (Å²) in [6, 6.07) is 21.7. The number of rotatable bonds is 7. The van der Waals surface area contributed by atoms with E-state index in [2.05, 4.69) is 15.3 Å². The molecule has 1 aromatic heterocycles. The largest absolute Gasteiger partial charge is 0.445 e. The van der Waals surface area contributed by atoms with Crippen molar-refractivity contribution in [3.63, 3.8) is 0 Å². The Bertz CT molecular complexity index is 1350. The number of amides is 3. The van der Waals surface area contributed by atoms with Crippen LogP contribution in [0.3, 0.4) is 0 Å². The molecule has 2 aliphatic rings. The van der Waals surface area contributed by atoms with Gasteiger partial charge in [0.25, 0.3) is 0 Å². The third kappa shape index (κ3) is 6.12. The Kier molecular flexibility index (Phi) is 8.21. The fourth-order valence-corrected chi connectivity index (χ4v) is 5.78. The van der Waals surface area contributed by atoms with Crippen molar-refractivity contribution in [1.82, 2.24) is 14.8 Å². The first kappa shape index (κ1) is 26.4. The summed E-state index contributed by atoms with van der Waals surface area (Å²) >= 11 is 1.40. The Hall–Kier alpha value is -4.18. The number of amidine groups is 1. The number of hydrogen-bond acceptors (Lipinski definition) is 7. The van der Waals surface area contributed by atoms with E-state index in [-0.39, 0.29) is 18.4 Å². The number of nitrogens with zero attached hydrogens (tertiary/aromatic N) is 4. The zero-order valence-corrected chi connectivity index (χ0v) is 22.3. The minimum absolute atomic E-state index is 0.0568. The minimum atomic E-state index is -0.594. The second-order valence-corrected chi connectivity index (χ2v) is 10.3. The Morgan fingerprint density at radius 1 is 1.08 bits per heavy atom. The van der Waals surface area contributed by atoms with E-state index >= 15 is 0 Å². The van der Waals surface area contributed by atoms with Crippen LogP contribution in [0.1, 0.15) is 34.9 Å². The molecule has 2 aromatic carbocycles. The first-order valence-electron chi connectivity index (χ1n) is 12.8. The number of ether oxygens (including phenoxy) is 1. The van der Waals surface area contributed by atoms with Crippen LogP contribution in [0.4, 0.5) is 10.5 Å². The van der Waals surface area contributed by atoms with E-state index in [4.69, 9.17) is 4.74 Å². The molecule has 0 saturated carbocycles. The zero-order chi connectivity index (χ0) is 27.2. The van der Waals surface area contributed by atoms with Crippen LogP contribution >= 0.6 is 11.8 Å². The maximum Gasteiger partial charge on any atom is 0.410 e. The van der Waals surface area contributed by atoms with Crippen LogP contribution in [0.2, 0.25) is 0 Å². The minimum Gasteiger partial charge on any atom is -0.445 e. The SMILES string of the molecule is CN=C1SC(c2ccc(NC(=O)[C@@H]3CCCN3C(=O)OCc3ccccc3)cc2)C(=O)N1Cc1ccccn1. The van der Waals surface area contributed by atoms with E-state index in [1.54, 1.807) is 30.3 Å². The van der Waals surface area contributed by atoms with Crippen LogP contribution in [-0.4, -0.2) is 57.5 Å². The van der Waals surface area contributed by atoms with E-state index in [9.17, 15) is 14.4 Å². The van der Waals surface area contributed by atoms with Crippen LogP contribution in [0.5, 0.6) is 0 Å². The molecule has 0 radical (unpaired) electrons. The molecule has 0 bridgehead atoms. The monoisotopic (exact) mass is 543 g/mol. The molecule has 1 N–H and O–H groups in total. The number of likely N-dealkylation sites (tertiary alicyclic amines) is 1. The second-order valence-electron chi connectivity index (χ2n) is 9.25. The number of carbonyl (C=O) groups excluding carboxylic acids is 3. The quantitative estimate of drug-likeness (QED) is 0.466. The average Bonchev–Trinajstić information content (AvgIpc) is 3.59. The molecule has 9 nitrogen and oxygen atoms in total. The van der Waals surface area contributed by atoms with Gasteiger partial charge in [-0.15, -0.1) is 0 Å². The summed E-state index contributed by atoms with van der Waals surface area (Å²) in [5.74, 6) is -0.316. The summed E-state index contributed by atoms with van der Waals surface area (Å²) in [7, 11) is 1.67. The highest BCUT2D eigenvalue weighted by Gasteiger charge is 2.39. The van der Waals surface area contributed by atoms with E-state index in [1.165, 1.54) is 16.7 Å². The highest BCUT2D eigenvalue weighted by Crippen LogP contribution is 2.40. The standard InChI is InChI=1S/C29H29N5O4S/c1-30-28-34(18-23-10-5-6-16-31-23)27(36)25(39-28)21-12-14-22(15-13-21)32-26(35)24-11-7-17-33(24)29(37)38-19-20-8-3-2-4-9-20/h2-6,8-10,12-16,24-25H,7,11,17-19H2,1H3,(H,32,35)/t24-,25?/m0/s1. The smallest absolute Gasteiger partial charge is 0.410 e. The van der Waals surface area contributed by atoms with Gasteiger partial charge < -0.3 is 10.1 Å². The molecule has 1 unspecified atom stereocenters. The van der Waals surface area contributed by atoms with Gasteiger partial charge in [0.1, 0.15) is 17.9 Å². The summed E-state index contributed by atoms with van der Waals surface area (Å²) < 4.78 is 5.44. The lowest BCUT2D eigenvalue weighted by Gasteiger charge is -2.23. The fraction of sp³-hybridized carbons (Fsp3) is 0.276. The third-order valence-electron chi connectivity index (χ3n) is 6.66. The maximum absolute atomic E-state index is 13.2. The lowest BCUT2D eigenvalue weighted by molar-refractivity contribution is -0.126. The molecule has 39 heavy (non-hydrogen) atoms. The molecule has 2 aliphatic heterocycles. The molecule has 2 atom stereocenters. The summed E-state index contributed by atoms with van der Waals surface area (Å²) in [5, 5.41) is 3.13. The van der Waals surface area contributed by atoms with Crippen molar-refractivity contribution in [3.8, 4) is 0 Å². The van der Waals surface area contributed by atoms with Crippen molar-refractivity contribution >= 4 is 40.5 Å². The first-order chi connectivity index (χ1) is 19.0. The normalized spacial score (nSPS) is 19.9. The van der Waals surface area contributed by atoms with Gasteiger partial charge in [0.05, 0.1) is 12.2 Å². The van der Waals surface area contributed by atoms with Gasteiger partial charge in [-0.25, -0.2) is 4.79 Å². The van der Waals surface area contributed by atoms with Crippen LogP contribution in [-0.2, 0) is 27.5 Å². The lowest BCUT2D eigenvalue weighted by Crippen LogP contribution is -2.43. The fourth-order valence-electron chi connectivity index (χ4n) is 4.67. The molecule has 3 amide bonds. The number of benzene rings is 2. The van der Waals surface area contributed by atoms with Crippen LogP contribution in [0.15, 0.2) is 84.0 Å². The van der Waals surface area contributed by atoms with Crippen LogP contribution < -0.4 is 5.32 Å². The van der Waals surface area contributed by atoms with E-state index in [0.29, 0.717) is 30.4 Å². The number of carbonyl (C=O) groups is 3. The molecule has 3 aromatic rings. The topological polar surface area (TPSA) is 104 Å². The highest BCUT2D eigenvalue weighted by atomic mass is 32.2. The first-order valence-corrected chi connectivity index (χ1v) is 13.6. The summed E-state index contributed by atoms with van der Waals surface area (Å²) in [6.45, 7) is 0.991. The van der Waals surface area contributed by atoms with Crippen molar-refractivity contribution in [2.24, 2.45) is 4.99 Å². The summed E-state index contributed by atoms with van der Waals surface area (Å²) in [4.78, 5) is 50.7. The van der Waals surface area contributed by atoms with Gasteiger partial charge in [0.15, 0.2) is 5.17 Å². The summed E-state index contributed by atoms with van der Waals surface area (Å²) in [6.07, 6.45) is 2.51. The molecule has 2 fully saturated rings. The number of hydrogen-bond donors (Lipinski definition) is 1. The number of nitrogens with one attached hydrogen (secondary N) is 1. The van der Waals surface area contributed by atoms with Crippen molar-refractivity contribution in [2.75, 3.05) is 18.9 Å². The Morgan fingerprint density at radius 2 is 1.85 bits per heavy atom. The van der Waals surface area contributed by atoms with Crippen molar-refractivity contribution < 1.29 is 19.1 Å². The molecule has 5 rings (SSSR count). The van der Waals surface area contributed by atoms with E-state index < -0.39 is 17.4 Å². The number of aromatic nitrogens is 1. The Balaban J connectivity index is 1.19. The molecular weight excluding hydrogens is 514 g/mol. The van der Waals surface area contributed by atoms with Crippen LogP contribution in [0.25, 0.3) is 0 Å². The van der Waals surface area contributed by atoms with Gasteiger partial charge in [-0.2, -0.15) is 0 Å². The van der Waals surface area contributed by atoms with Gasteiger partial charge in [-0.3, -0.25) is 29.4 Å². The van der Waals surface area contributed by atoms with Crippen molar-refractivity contribution in [1.29, 1.82) is 0 Å². The predicted molar refractivity (Wildman–Crippen MR) is 150 cm³/mol. The number of pyridine rings is 1. The van der Waals surface area contributed by atoms with Gasteiger partial charge in [-0.05, 0) is 48.2 Å². The molecule has 0 spiro atoms. The Labute approximate surface area is 231 Å². The van der Waals surface area contributed by atoms with E-state index in [1.807, 2.05) is 60.7 Å². The second kappa shape index (κ2) is 12.1. The zero-order valence-electron chi connectivity index (χ0n) is 21.5. The summed E-state index contributed by atoms with van der Waals surface area (Å²) in [5.41, 5.74) is 3.09. The molecule has 0 aliphatic carbocycles. The van der Waals surface area contributed by atoms with E-state index in [0.717, 1.165) is 23.2 Å².